The maximum atomic E-state index is 11.2. The smallest absolute Gasteiger partial charge is 0.282 e. The van der Waals surface area contributed by atoms with E-state index in [0.717, 1.165) is 0 Å². The molecule has 0 saturated heterocycles. The first-order chi connectivity index (χ1) is 7.59. The van der Waals surface area contributed by atoms with E-state index in [1.165, 1.54) is 12.3 Å². The van der Waals surface area contributed by atoms with Crippen molar-refractivity contribution in [1.29, 1.82) is 0 Å². The highest BCUT2D eigenvalue weighted by Crippen LogP contribution is 2.25. The van der Waals surface area contributed by atoms with Crippen LogP contribution in [0, 0.1) is 6.20 Å². The summed E-state index contributed by atoms with van der Waals surface area (Å²) in [5.41, 5.74) is 1.04. The van der Waals surface area contributed by atoms with Crippen LogP contribution in [0.15, 0.2) is 47.5 Å². The highest BCUT2D eigenvalue weighted by atomic mass is 32.2. The predicted octanol–water partition coefficient (Wildman–Crippen LogP) is 1.80. The Hall–Kier alpha value is -1.72. The second-order valence-electron chi connectivity index (χ2n) is 3.15. The number of nitrogens with zero attached hydrogens (tertiary/aromatic N) is 1. The molecule has 0 aliphatic rings. The first-order valence-electron chi connectivity index (χ1n) is 4.48. The fraction of sp³-hybridized carbons (Fsp3) is 0. The first-order valence-corrected chi connectivity index (χ1v) is 5.92. The molecule has 0 amide bonds. The van der Waals surface area contributed by atoms with Gasteiger partial charge in [0.2, 0.25) is 0 Å². The van der Waals surface area contributed by atoms with Crippen LogP contribution in [0.25, 0.3) is 11.1 Å². The average Bonchev–Trinajstić information content (AvgIpc) is 2.29. The van der Waals surface area contributed by atoms with Crippen LogP contribution in [0.5, 0.6) is 0 Å². The first kappa shape index (κ1) is 10.8. The van der Waals surface area contributed by atoms with Crippen LogP contribution in [-0.4, -0.2) is 18.0 Å². The van der Waals surface area contributed by atoms with Gasteiger partial charge >= 0.3 is 0 Å². The van der Waals surface area contributed by atoms with Crippen molar-refractivity contribution in [3.8, 4) is 11.1 Å². The van der Waals surface area contributed by atoms with Gasteiger partial charge in [0.05, 0.1) is 6.20 Å². The molecule has 1 aromatic heterocycles. The van der Waals surface area contributed by atoms with Gasteiger partial charge in [-0.2, -0.15) is 8.42 Å². The Kier molecular flexibility index (Phi) is 2.72. The minimum Gasteiger partial charge on any atom is -0.282 e. The van der Waals surface area contributed by atoms with Crippen LogP contribution in [0.4, 0.5) is 0 Å². The van der Waals surface area contributed by atoms with Crippen molar-refractivity contribution in [2.75, 3.05) is 0 Å². The van der Waals surface area contributed by atoms with E-state index in [0.29, 0.717) is 11.1 Å². The lowest BCUT2D eigenvalue weighted by atomic mass is 10.1. The van der Waals surface area contributed by atoms with Crippen LogP contribution in [0.2, 0.25) is 0 Å². The van der Waals surface area contributed by atoms with Gasteiger partial charge in [-0.3, -0.25) is 9.54 Å². The summed E-state index contributed by atoms with van der Waals surface area (Å²) in [7, 11) is -4.22. The van der Waals surface area contributed by atoms with E-state index in [-0.39, 0.29) is 4.90 Å². The number of pyridine rings is 1. The largest absolute Gasteiger partial charge is 0.295 e. The minimum absolute atomic E-state index is 0.122. The van der Waals surface area contributed by atoms with E-state index >= 15 is 0 Å². The van der Waals surface area contributed by atoms with Gasteiger partial charge in [-0.15, -0.1) is 0 Å². The quantitative estimate of drug-likeness (QED) is 0.804. The fourth-order valence-electron chi connectivity index (χ4n) is 1.41. The third kappa shape index (κ3) is 2.10. The topological polar surface area (TPSA) is 67.3 Å². The Morgan fingerprint density at radius 3 is 2.56 bits per heavy atom. The van der Waals surface area contributed by atoms with Gasteiger partial charge < -0.3 is 0 Å². The van der Waals surface area contributed by atoms with Crippen LogP contribution < -0.4 is 0 Å². The molecule has 0 bridgehead atoms. The molecule has 1 N–H and O–H groups in total. The van der Waals surface area contributed by atoms with E-state index in [2.05, 4.69) is 11.2 Å². The normalized spacial score (nSPS) is 11.3. The van der Waals surface area contributed by atoms with Crippen molar-refractivity contribution in [2.45, 2.75) is 4.90 Å². The SMILES string of the molecule is O=S(=O)(O)c1ccccc1-c1cc[c]nc1. The molecule has 0 spiro atoms. The maximum absolute atomic E-state index is 11.2. The van der Waals surface area contributed by atoms with E-state index in [4.69, 9.17) is 4.55 Å². The molecule has 5 heteroatoms. The Morgan fingerprint density at radius 2 is 1.94 bits per heavy atom. The summed E-state index contributed by atoms with van der Waals surface area (Å²) < 4.78 is 31.4. The molecule has 2 rings (SSSR count). The molecular weight excluding hydrogens is 226 g/mol. The van der Waals surface area contributed by atoms with E-state index in [1.807, 2.05) is 0 Å². The molecule has 81 valence electrons. The summed E-state index contributed by atoms with van der Waals surface area (Å²) in [5, 5.41) is 0. The van der Waals surface area contributed by atoms with Crippen LogP contribution in [0.1, 0.15) is 0 Å². The van der Waals surface area contributed by atoms with Crippen molar-refractivity contribution in [3.05, 3.63) is 48.8 Å². The average molecular weight is 234 g/mol. The van der Waals surface area contributed by atoms with Gasteiger partial charge in [-0.1, -0.05) is 24.3 Å². The minimum atomic E-state index is -4.22. The molecule has 0 aliphatic heterocycles. The van der Waals surface area contributed by atoms with Crippen molar-refractivity contribution >= 4 is 10.1 Å². The number of hydrogen-bond acceptors (Lipinski definition) is 3. The zero-order valence-electron chi connectivity index (χ0n) is 8.16. The van der Waals surface area contributed by atoms with Crippen molar-refractivity contribution in [3.63, 3.8) is 0 Å². The van der Waals surface area contributed by atoms with Crippen molar-refractivity contribution < 1.29 is 13.0 Å². The molecule has 1 heterocycles. The Bertz CT molecular complexity index is 594. The zero-order chi connectivity index (χ0) is 11.6. The van der Waals surface area contributed by atoms with Crippen molar-refractivity contribution in [2.24, 2.45) is 0 Å². The zero-order valence-corrected chi connectivity index (χ0v) is 8.98. The third-order valence-corrected chi connectivity index (χ3v) is 3.00. The summed E-state index contributed by atoms with van der Waals surface area (Å²) >= 11 is 0. The van der Waals surface area contributed by atoms with Gasteiger partial charge in [0, 0.05) is 17.3 Å². The summed E-state index contributed by atoms with van der Waals surface area (Å²) in [6.07, 6.45) is 4.09. The highest BCUT2D eigenvalue weighted by molar-refractivity contribution is 7.86. The van der Waals surface area contributed by atoms with Gasteiger partial charge in [0.25, 0.3) is 10.1 Å². The fourth-order valence-corrected chi connectivity index (χ4v) is 2.12. The second kappa shape index (κ2) is 4.03. The van der Waals surface area contributed by atoms with Gasteiger partial charge in [0.1, 0.15) is 4.90 Å². The standard InChI is InChI=1S/C11H8NO3S/c13-16(14,15)11-6-2-1-5-10(11)9-4-3-7-12-8-9/h1-6,8H,(H,13,14,15). The molecule has 2 aromatic rings. The van der Waals surface area contributed by atoms with Crippen LogP contribution in [-0.2, 0) is 10.1 Å². The Balaban J connectivity index is 2.68. The molecule has 16 heavy (non-hydrogen) atoms. The molecular formula is C11H8NO3S. The lowest BCUT2D eigenvalue weighted by Crippen LogP contribution is -2.00. The van der Waals surface area contributed by atoms with Gasteiger partial charge in [0.15, 0.2) is 0 Å². The van der Waals surface area contributed by atoms with Crippen LogP contribution >= 0.6 is 0 Å². The lowest BCUT2D eigenvalue weighted by Gasteiger charge is -2.05. The summed E-state index contributed by atoms with van der Waals surface area (Å²) in [6, 6.07) is 9.46. The van der Waals surface area contributed by atoms with Crippen LogP contribution in [0.3, 0.4) is 0 Å². The van der Waals surface area contributed by atoms with E-state index in [9.17, 15) is 8.42 Å². The highest BCUT2D eigenvalue weighted by Gasteiger charge is 2.15. The monoisotopic (exact) mass is 234 g/mol. The molecule has 4 nitrogen and oxygen atoms in total. The molecule has 0 atom stereocenters. The third-order valence-electron chi connectivity index (χ3n) is 2.09. The molecule has 1 aromatic carbocycles. The van der Waals surface area contributed by atoms with E-state index in [1.54, 1.807) is 30.3 Å². The van der Waals surface area contributed by atoms with Gasteiger partial charge in [-0.25, -0.2) is 0 Å². The molecule has 0 unspecified atom stereocenters. The number of aromatic nitrogens is 1. The maximum Gasteiger partial charge on any atom is 0.295 e. The van der Waals surface area contributed by atoms with Gasteiger partial charge in [-0.05, 0) is 12.1 Å². The summed E-state index contributed by atoms with van der Waals surface area (Å²) in [5.74, 6) is 0. The van der Waals surface area contributed by atoms with Crippen molar-refractivity contribution in [1.82, 2.24) is 4.98 Å². The molecule has 0 aliphatic carbocycles. The Labute approximate surface area is 93.3 Å². The molecule has 1 radical (unpaired) electrons. The number of rotatable bonds is 2. The summed E-state index contributed by atoms with van der Waals surface area (Å²) in [4.78, 5) is 3.66. The van der Waals surface area contributed by atoms with E-state index < -0.39 is 10.1 Å². The number of benzene rings is 1. The second-order valence-corrected chi connectivity index (χ2v) is 4.54. The Morgan fingerprint density at radius 1 is 1.19 bits per heavy atom. The predicted molar refractivity (Wildman–Crippen MR) is 58.3 cm³/mol. The summed E-state index contributed by atoms with van der Waals surface area (Å²) in [6.45, 7) is 0. The molecule has 0 saturated carbocycles. The molecule has 0 fully saturated rings. The number of hydrogen-bond donors (Lipinski definition) is 1. The lowest BCUT2D eigenvalue weighted by molar-refractivity contribution is 0.483.